The molecule has 0 unspecified atom stereocenters. The molecule has 0 spiro atoms. The number of thiocarbonyl (C=S) groups is 1. The number of fused-ring (bicyclic) bond motifs is 1. The van der Waals surface area contributed by atoms with Gasteiger partial charge < -0.3 is 11.1 Å². The normalized spacial score (nSPS) is 10.1. The Morgan fingerprint density at radius 1 is 1.41 bits per heavy atom. The van der Waals surface area contributed by atoms with Crippen molar-refractivity contribution in [3.05, 3.63) is 40.7 Å². The number of non-ortho nitro benzene ring substituents is 1. The Hall–Kier alpha value is -2.28. The van der Waals surface area contributed by atoms with Gasteiger partial charge in [-0.25, -0.2) is 0 Å². The zero-order valence-electron chi connectivity index (χ0n) is 8.58. The summed E-state index contributed by atoms with van der Waals surface area (Å²) in [7, 11) is 0. The number of nitrogens with one attached hydrogen (secondary N) is 1. The van der Waals surface area contributed by atoms with Gasteiger partial charge in [0.25, 0.3) is 5.69 Å². The van der Waals surface area contributed by atoms with Crippen molar-refractivity contribution in [3.63, 3.8) is 0 Å². The van der Waals surface area contributed by atoms with Crippen LogP contribution in [0, 0.1) is 10.1 Å². The number of anilines is 1. The van der Waals surface area contributed by atoms with Crippen LogP contribution in [-0.4, -0.2) is 15.0 Å². The molecule has 0 radical (unpaired) electrons. The first-order valence-electron chi connectivity index (χ1n) is 4.67. The van der Waals surface area contributed by atoms with E-state index in [2.05, 4.69) is 10.3 Å². The molecule has 1 aromatic heterocycles. The third kappa shape index (κ3) is 2.13. The molecule has 0 aliphatic carbocycles. The maximum absolute atomic E-state index is 10.9. The highest BCUT2D eigenvalue weighted by Gasteiger charge is 2.14. The van der Waals surface area contributed by atoms with Crippen LogP contribution in [0.25, 0.3) is 10.8 Å². The smallest absolute Gasteiger partial charge is 0.277 e. The summed E-state index contributed by atoms with van der Waals surface area (Å²) in [4.78, 5) is 14.4. The maximum atomic E-state index is 10.9. The van der Waals surface area contributed by atoms with Gasteiger partial charge in [-0.2, -0.15) is 0 Å². The van der Waals surface area contributed by atoms with Gasteiger partial charge in [0.2, 0.25) is 0 Å². The van der Waals surface area contributed by atoms with Crippen molar-refractivity contribution in [2.24, 2.45) is 5.73 Å². The molecule has 0 aliphatic heterocycles. The first-order chi connectivity index (χ1) is 8.09. The molecule has 0 aliphatic rings. The number of benzene rings is 1. The van der Waals surface area contributed by atoms with E-state index in [0.717, 1.165) is 0 Å². The number of nitro benzene ring substituents is 1. The van der Waals surface area contributed by atoms with Crippen LogP contribution in [0.5, 0.6) is 0 Å². The lowest BCUT2D eigenvalue weighted by Crippen LogP contribution is -2.19. The fraction of sp³-hybridized carbons (Fsp3) is 0. The Morgan fingerprint density at radius 3 is 2.82 bits per heavy atom. The highest BCUT2D eigenvalue weighted by molar-refractivity contribution is 7.80. The summed E-state index contributed by atoms with van der Waals surface area (Å²) < 4.78 is 0. The van der Waals surface area contributed by atoms with Crippen LogP contribution in [0.4, 0.5) is 11.4 Å². The molecule has 0 saturated carbocycles. The molecule has 6 nitrogen and oxygen atoms in total. The largest absolute Gasteiger partial charge is 0.376 e. The molecule has 0 atom stereocenters. The van der Waals surface area contributed by atoms with Crippen molar-refractivity contribution in [2.75, 3.05) is 5.32 Å². The number of pyridine rings is 1. The number of nitrogens with zero attached hydrogens (tertiary/aromatic N) is 2. The molecular weight excluding hydrogens is 240 g/mol. The summed E-state index contributed by atoms with van der Waals surface area (Å²) in [5.74, 6) is 0. The van der Waals surface area contributed by atoms with E-state index in [9.17, 15) is 10.1 Å². The summed E-state index contributed by atoms with van der Waals surface area (Å²) in [5.41, 5.74) is 6.01. The van der Waals surface area contributed by atoms with Gasteiger partial charge in [-0.15, -0.1) is 0 Å². The van der Waals surface area contributed by atoms with Crippen LogP contribution >= 0.6 is 12.2 Å². The molecule has 2 aromatic rings. The number of nitrogens with two attached hydrogens (primary N) is 1. The molecular formula is C10H8N4O2S. The predicted octanol–water partition coefficient (Wildman–Crippen LogP) is 1.80. The van der Waals surface area contributed by atoms with E-state index in [1.807, 2.05) is 0 Å². The highest BCUT2D eigenvalue weighted by atomic mass is 32.1. The average Bonchev–Trinajstić information content (AvgIpc) is 2.28. The first-order valence-corrected chi connectivity index (χ1v) is 5.08. The minimum atomic E-state index is -0.438. The van der Waals surface area contributed by atoms with E-state index in [1.54, 1.807) is 12.1 Å². The van der Waals surface area contributed by atoms with Crippen LogP contribution < -0.4 is 11.1 Å². The van der Waals surface area contributed by atoms with Gasteiger partial charge in [-0.3, -0.25) is 15.1 Å². The van der Waals surface area contributed by atoms with Gasteiger partial charge in [0.05, 0.1) is 16.0 Å². The molecule has 86 valence electrons. The zero-order valence-corrected chi connectivity index (χ0v) is 9.40. The van der Waals surface area contributed by atoms with Gasteiger partial charge in [0, 0.05) is 23.8 Å². The molecule has 7 heteroatoms. The monoisotopic (exact) mass is 248 g/mol. The first kappa shape index (κ1) is 11.2. The maximum Gasteiger partial charge on any atom is 0.277 e. The van der Waals surface area contributed by atoms with Gasteiger partial charge >= 0.3 is 0 Å². The minimum Gasteiger partial charge on any atom is -0.376 e. The molecule has 0 bridgehead atoms. The molecule has 17 heavy (non-hydrogen) atoms. The number of nitro groups is 1. The third-order valence-electron chi connectivity index (χ3n) is 2.25. The van der Waals surface area contributed by atoms with Crippen molar-refractivity contribution < 1.29 is 4.92 Å². The Labute approximate surface area is 102 Å². The summed E-state index contributed by atoms with van der Waals surface area (Å²) in [5, 5.41) is 14.8. The summed E-state index contributed by atoms with van der Waals surface area (Å²) >= 11 is 4.74. The van der Waals surface area contributed by atoms with Gasteiger partial charge in [-0.05, 0) is 24.4 Å². The molecule has 3 N–H and O–H groups in total. The number of rotatable bonds is 2. The molecule has 2 rings (SSSR count). The fourth-order valence-corrected chi connectivity index (χ4v) is 1.69. The standard InChI is InChI=1S/C10H8N4O2S/c11-10(17)13-8-1-2-9(14(15)16)6-3-4-12-5-7(6)8/h1-5H,(H3,11,13,17). The number of aromatic nitrogens is 1. The number of hydrogen-bond acceptors (Lipinski definition) is 4. The van der Waals surface area contributed by atoms with Crippen LogP contribution in [0.3, 0.4) is 0 Å². The summed E-state index contributed by atoms with van der Waals surface area (Å²) in [6.45, 7) is 0. The predicted molar refractivity (Wildman–Crippen MR) is 68.8 cm³/mol. The van der Waals surface area contributed by atoms with Gasteiger partial charge in [-0.1, -0.05) is 0 Å². The van der Waals surface area contributed by atoms with E-state index < -0.39 is 4.92 Å². The van der Waals surface area contributed by atoms with E-state index in [-0.39, 0.29) is 10.8 Å². The Bertz CT molecular complexity index is 614. The van der Waals surface area contributed by atoms with Crippen molar-refractivity contribution in [1.82, 2.24) is 4.98 Å². The SMILES string of the molecule is NC(=S)Nc1ccc([N+](=O)[O-])c2ccncc12. The fourth-order valence-electron chi connectivity index (χ4n) is 1.58. The van der Waals surface area contributed by atoms with Crippen LogP contribution in [0.15, 0.2) is 30.6 Å². The lowest BCUT2D eigenvalue weighted by atomic mass is 10.1. The lowest BCUT2D eigenvalue weighted by molar-refractivity contribution is -0.383. The zero-order chi connectivity index (χ0) is 12.4. The van der Waals surface area contributed by atoms with Crippen molar-refractivity contribution in [2.45, 2.75) is 0 Å². The molecule has 1 heterocycles. The van der Waals surface area contributed by atoms with Crippen LogP contribution in [0.1, 0.15) is 0 Å². The second kappa shape index (κ2) is 4.30. The lowest BCUT2D eigenvalue weighted by Gasteiger charge is -2.07. The van der Waals surface area contributed by atoms with Gasteiger partial charge in [0.1, 0.15) is 0 Å². The topological polar surface area (TPSA) is 94.1 Å². The third-order valence-corrected chi connectivity index (χ3v) is 2.35. The molecule has 0 amide bonds. The Balaban J connectivity index is 2.70. The van der Waals surface area contributed by atoms with E-state index in [4.69, 9.17) is 18.0 Å². The van der Waals surface area contributed by atoms with E-state index in [0.29, 0.717) is 16.5 Å². The van der Waals surface area contributed by atoms with Crippen molar-refractivity contribution >= 4 is 39.5 Å². The highest BCUT2D eigenvalue weighted by Crippen LogP contribution is 2.30. The second-order valence-electron chi connectivity index (χ2n) is 3.30. The van der Waals surface area contributed by atoms with Gasteiger partial charge in [0.15, 0.2) is 5.11 Å². The number of hydrogen-bond donors (Lipinski definition) is 2. The van der Waals surface area contributed by atoms with E-state index >= 15 is 0 Å². The Kier molecular flexibility index (Phi) is 2.84. The van der Waals surface area contributed by atoms with Crippen LogP contribution in [-0.2, 0) is 0 Å². The quantitative estimate of drug-likeness (QED) is 0.478. The summed E-state index contributed by atoms with van der Waals surface area (Å²) in [6.07, 6.45) is 3.03. The molecule has 0 saturated heterocycles. The summed E-state index contributed by atoms with van der Waals surface area (Å²) in [6, 6.07) is 4.54. The average molecular weight is 248 g/mol. The van der Waals surface area contributed by atoms with Crippen molar-refractivity contribution in [3.8, 4) is 0 Å². The van der Waals surface area contributed by atoms with E-state index in [1.165, 1.54) is 18.5 Å². The molecule has 1 aromatic carbocycles. The second-order valence-corrected chi connectivity index (χ2v) is 3.74. The van der Waals surface area contributed by atoms with Crippen molar-refractivity contribution in [1.29, 1.82) is 0 Å². The molecule has 0 fully saturated rings. The Morgan fingerprint density at radius 2 is 2.18 bits per heavy atom. The minimum absolute atomic E-state index is 0.0240. The van der Waals surface area contributed by atoms with Crippen LogP contribution in [0.2, 0.25) is 0 Å².